The molecule has 3 rings (SSSR count). The van der Waals surface area contributed by atoms with Crippen LogP contribution in [0.2, 0.25) is 0 Å². The molecule has 2 heterocycles. The summed E-state index contributed by atoms with van der Waals surface area (Å²) >= 11 is 0. The van der Waals surface area contributed by atoms with Crippen molar-refractivity contribution in [2.75, 3.05) is 26.7 Å². The van der Waals surface area contributed by atoms with Crippen molar-refractivity contribution in [1.82, 2.24) is 14.8 Å². The molecule has 27 heavy (non-hydrogen) atoms. The van der Waals surface area contributed by atoms with Gasteiger partial charge in [0.2, 0.25) is 0 Å². The molecule has 1 atom stereocenters. The van der Waals surface area contributed by atoms with Gasteiger partial charge in [-0.2, -0.15) is 0 Å². The predicted molar refractivity (Wildman–Crippen MR) is 108 cm³/mol. The number of aromatic hydroxyl groups is 1. The quantitative estimate of drug-likeness (QED) is 0.786. The summed E-state index contributed by atoms with van der Waals surface area (Å²) in [6.45, 7) is 5.60. The Bertz CT molecular complexity index is 736. The van der Waals surface area contributed by atoms with E-state index in [4.69, 9.17) is 0 Å². The molecule has 0 radical (unpaired) electrons. The Hall–Kier alpha value is -1.95. The molecule has 1 unspecified atom stereocenters. The van der Waals surface area contributed by atoms with Crippen molar-refractivity contribution >= 4 is 0 Å². The van der Waals surface area contributed by atoms with Crippen LogP contribution >= 0.6 is 0 Å². The van der Waals surface area contributed by atoms with Gasteiger partial charge in [0.1, 0.15) is 5.75 Å². The maximum absolute atomic E-state index is 10.4. The second kappa shape index (κ2) is 9.31. The van der Waals surface area contributed by atoms with Gasteiger partial charge in [-0.3, -0.25) is 9.88 Å². The van der Waals surface area contributed by atoms with Crippen molar-refractivity contribution in [3.63, 3.8) is 0 Å². The molecule has 5 nitrogen and oxygen atoms in total. The van der Waals surface area contributed by atoms with Crippen LogP contribution in [-0.2, 0) is 19.6 Å². The Balaban J connectivity index is 1.60. The summed E-state index contributed by atoms with van der Waals surface area (Å²) in [5.41, 5.74) is 3.51. The van der Waals surface area contributed by atoms with E-state index in [0.717, 1.165) is 38.0 Å². The number of aliphatic hydroxyl groups is 1. The van der Waals surface area contributed by atoms with E-state index in [0.29, 0.717) is 23.8 Å². The van der Waals surface area contributed by atoms with Crippen LogP contribution in [0.4, 0.5) is 0 Å². The van der Waals surface area contributed by atoms with Crippen molar-refractivity contribution in [2.24, 2.45) is 0 Å². The number of aromatic nitrogens is 1. The van der Waals surface area contributed by atoms with Crippen LogP contribution in [0.1, 0.15) is 35.2 Å². The van der Waals surface area contributed by atoms with Crippen LogP contribution in [0.3, 0.4) is 0 Å². The molecule has 146 valence electrons. The Morgan fingerprint density at radius 3 is 2.78 bits per heavy atom. The van der Waals surface area contributed by atoms with Gasteiger partial charge >= 0.3 is 0 Å². The van der Waals surface area contributed by atoms with Crippen LogP contribution in [0.15, 0.2) is 36.5 Å². The molecule has 5 heteroatoms. The topological polar surface area (TPSA) is 59.8 Å². The molecule has 0 aliphatic carbocycles. The van der Waals surface area contributed by atoms with E-state index in [-0.39, 0.29) is 12.4 Å². The summed E-state index contributed by atoms with van der Waals surface area (Å²) in [7, 11) is 2.11. The van der Waals surface area contributed by atoms with Gasteiger partial charge in [0, 0.05) is 43.0 Å². The number of hydrogen-bond acceptors (Lipinski definition) is 5. The van der Waals surface area contributed by atoms with Crippen LogP contribution in [0, 0.1) is 6.92 Å². The van der Waals surface area contributed by atoms with E-state index in [1.165, 1.54) is 12.0 Å². The number of benzene rings is 1. The first-order valence-corrected chi connectivity index (χ1v) is 9.82. The third-order valence-corrected chi connectivity index (χ3v) is 5.67. The minimum absolute atomic E-state index is 0.0993. The smallest absolute Gasteiger partial charge is 0.141 e. The summed E-state index contributed by atoms with van der Waals surface area (Å²) in [6, 6.07) is 11.1. The van der Waals surface area contributed by atoms with Crippen molar-refractivity contribution < 1.29 is 10.2 Å². The fraction of sp³-hybridized carbons (Fsp3) is 0.500. The molecule has 1 aliphatic rings. The molecule has 0 spiro atoms. The standard InChI is InChI=1S/C22H31N3O2/c1-17-22(27)21(19(16-26)13-23-17)15-24(2)20-9-6-11-25(14-20)12-10-18-7-4-3-5-8-18/h3-5,7-8,13,20,26-27H,6,9-12,14-16H2,1-2H3. The van der Waals surface area contributed by atoms with Crippen LogP contribution in [-0.4, -0.2) is 57.7 Å². The zero-order chi connectivity index (χ0) is 19.2. The number of nitrogens with zero attached hydrogens (tertiary/aromatic N) is 3. The number of rotatable bonds is 7. The number of hydrogen-bond donors (Lipinski definition) is 2. The first-order valence-electron chi connectivity index (χ1n) is 9.82. The Morgan fingerprint density at radius 1 is 1.26 bits per heavy atom. The van der Waals surface area contributed by atoms with Gasteiger partial charge in [-0.1, -0.05) is 30.3 Å². The van der Waals surface area contributed by atoms with E-state index in [1.54, 1.807) is 13.1 Å². The highest BCUT2D eigenvalue weighted by Crippen LogP contribution is 2.27. The fourth-order valence-electron chi connectivity index (χ4n) is 3.90. The SMILES string of the molecule is Cc1ncc(CO)c(CN(C)C2CCCN(CCc3ccccc3)C2)c1O. The summed E-state index contributed by atoms with van der Waals surface area (Å²) in [4.78, 5) is 9.01. The van der Waals surface area contributed by atoms with Crippen LogP contribution in [0.25, 0.3) is 0 Å². The average molecular weight is 370 g/mol. The van der Waals surface area contributed by atoms with Gasteiger partial charge in [-0.25, -0.2) is 0 Å². The molecule has 0 amide bonds. The Morgan fingerprint density at radius 2 is 2.04 bits per heavy atom. The number of aryl methyl sites for hydroxylation is 1. The second-order valence-electron chi connectivity index (χ2n) is 7.60. The number of aliphatic hydroxyl groups excluding tert-OH is 1. The zero-order valence-electron chi connectivity index (χ0n) is 16.4. The lowest BCUT2D eigenvalue weighted by atomic mass is 10.0. The largest absolute Gasteiger partial charge is 0.506 e. The van der Waals surface area contributed by atoms with Gasteiger partial charge in [0.15, 0.2) is 0 Å². The first-order chi connectivity index (χ1) is 13.1. The summed E-state index contributed by atoms with van der Waals surface area (Å²) < 4.78 is 0. The second-order valence-corrected chi connectivity index (χ2v) is 7.60. The first kappa shape index (κ1) is 19.8. The molecule has 1 fully saturated rings. The molecule has 1 aromatic carbocycles. The normalized spacial score (nSPS) is 18.1. The fourth-order valence-corrected chi connectivity index (χ4v) is 3.90. The van der Waals surface area contributed by atoms with E-state index < -0.39 is 0 Å². The highest BCUT2D eigenvalue weighted by molar-refractivity contribution is 5.40. The van der Waals surface area contributed by atoms with Crippen molar-refractivity contribution in [3.05, 3.63) is 58.9 Å². The molecule has 0 saturated carbocycles. The third kappa shape index (κ3) is 5.06. The molecule has 1 aliphatic heterocycles. The number of pyridine rings is 1. The molecule has 1 saturated heterocycles. The number of likely N-dealkylation sites (N-methyl/N-ethyl adjacent to an activating group) is 1. The molecule has 2 N–H and O–H groups in total. The van der Waals surface area contributed by atoms with E-state index in [9.17, 15) is 10.2 Å². The summed E-state index contributed by atoms with van der Waals surface area (Å²) in [6.07, 6.45) is 5.11. The van der Waals surface area contributed by atoms with Crippen molar-refractivity contribution in [2.45, 2.75) is 45.4 Å². The highest BCUT2D eigenvalue weighted by Gasteiger charge is 2.24. The predicted octanol–water partition coefficient (Wildman–Crippen LogP) is 2.73. The maximum Gasteiger partial charge on any atom is 0.141 e. The molecule has 2 aromatic rings. The maximum atomic E-state index is 10.4. The van der Waals surface area contributed by atoms with Gasteiger partial charge in [0.25, 0.3) is 0 Å². The highest BCUT2D eigenvalue weighted by atomic mass is 16.3. The van der Waals surface area contributed by atoms with Crippen LogP contribution < -0.4 is 0 Å². The molecule has 1 aromatic heterocycles. The van der Waals surface area contributed by atoms with Gasteiger partial charge in [-0.15, -0.1) is 0 Å². The lowest BCUT2D eigenvalue weighted by molar-refractivity contribution is 0.111. The third-order valence-electron chi connectivity index (χ3n) is 5.67. The molecular formula is C22H31N3O2. The molecular weight excluding hydrogens is 338 g/mol. The van der Waals surface area contributed by atoms with Gasteiger partial charge in [0.05, 0.1) is 12.3 Å². The lowest BCUT2D eigenvalue weighted by Gasteiger charge is -2.38. The Labute approximate surface area is 162 Å². The Kier molecular flexibility index (Phi) is 6.83. The van der Waals surface area contributed by atoms with Crippen LogP contribution in [0.5, 0.6) is 5.75 Å². The minimum Gasteiger partial charge on any atom is -0.506 e. The number of likely N-dealkylation sites (tertiary alicyclic amines) is 1. The monoisotopic (exact) mass is 369 g/mol. The van der Waals surface area contributed by atoms with E-state index in [2.05, 4.69) is 52.2 Å². The average Bonchev–Trinajstić information content (AvgIpc) is 2.71. The van der Waals surface area contributed by atoms with Gasteiger partial charge in [-0.05, 0) is 45.3 Å². The number of piperidine rings is 1. The summed E-state index contributed by atoms with van der Waals surface area (Å²) in [5.74, 6) is 0.213. The lowest BCUT2D eigenvalue weighted by Crippen LogP contribution is -2.46. The van der Waals surface area contributed by atoms with E-state index in [1.807, 2.05) is 0 Å². The molecule has 0 bridgehead atoms. The van der Waals surface area contributed by atoms with Crippen molar-refractivity contribution in [3.8, 4) is 5.75 Å². The van der Waals surface area contributed by atoms with E-state index >= 15 is 0 Å². The van der Waals surface area contributed by atoms with Crippen molar-refractivity contribution in [1.29, 1.82) is 0 Å². The summed E-state index contributed by atoms with van der Waals surface area (Å²) in [5, 5.41) is 20.0. The zero-order valence-corrected chi connectivity index (χ0v) is 16.4. The van der Waals surface area contributed by atoms with Gasteiger partial charge < -0.3 is 15.1 Å². The minimum atomic E-state index is -0.0993.